The molecule has 9 heteroatoms. The van der Waals surface area contributed by atoms with Crippen LogP contribution >= 0.6 is 11.6 Å². The van der Waals surface area contributed by atoms with Crippen LogP contribution in [0.15, 0.2) is 18.2 Å². The van der Waals surface area contributed by atoms with Crippen molar-refractivity contribution in [3.63, 3.8) is 0 Å². The van der Waals surface area contributed by atoms with Gasteiger partial charge in [0.1, 0.15) is 18.9 Å². The van der Waals surface area contributed by atoms with E-state index in [0.717, 1.165) is 4.68 Å². The van der Waals surface area contributed by atoms with E-state index in [-0.39, 0.29) is 12.3 Å². The Kier molecular flexibility index (Phi) is 4.88. The van der Waals surface area contributed by atoms with Gasteiger partial charge in [0.25, 0.3) is 0 Å². The first kappa shape index (κ1) is 18.6. The third-order valence-electron chi connectivity index (χ3n) is 4.27. The summed E-state index contributed by atoms with van der Waals surface area (Å²) < 4.78 is 44.4. The molecule has 0 fully saturated rings. The minimum Gasteiger partial charge on any atom is -0.490 e. The van der Waals surface area contributed by atoms with Crippen LogP contribution in [0.5, 0.6) is 5.75 Å². The molecule has 0 atom stereocenters. The molecule has 0 N–H and O–H groups in total. The Balaban J connectivity index is 1.85. The third-order valence-corrected chi connectivity index (χ3v) is 4.51. The number of anilines is 1. The number of ether oxygens (including phenoxy) is 1. The summed E-state index contributed by atoms with van der Waals surface area (Å²) in [5.41, 5.74) is 1.83. The van der Waals surface area contributed by atoms with E-state index in [1.807, 2.05) is 0 Å². The van der Waals surface area contributed by atoms with E-state index in [4.69, 9.17) is 16.3 Å². The Labute approximate surface area is 153 Å². The predicted octanol–water partition coefficient (Wildman–Crippen LogP) is 3.68. The van der Waals surface area contributed by atoms with Crippen LogP contribution in [0, 0.1) is 13.8 Å². The summed E-state index contributed by atoms with van der Waals surface area (Å²) in [5, 5.41) is 4.40. The molecule has 0 saturated heterocycles. The smallest absolute Gasteiger partial charge is 0.408 e. The number of alkyl halides is 3. The minimum absolute atomic E-state index is 0.0402. The van der Waals surface area contributed by atoms with E-state index in [1.165, 1.54) is 0 Å². The molecule has 3 rings (SSSR count). The van der Waals surface area contributed by atoms with Gasteiger partial charge in [0.2, 0.25) is 5.91 Å². The van der Waals surface area contributed by atoms with Crippen LogP contribution in [0.3, 0.4) is 0 Å². The second-order valence-corrected chi connectivity index (χ2v) is 6.54. The fourth-order valence-corrected chi connectivity index (χ4v) is 3.18. The Bertz CT molecular complexity index is 849. The van der Waals surface area contributed by atoms with Gasteiger partial charge in [-0.15, -0.1) is 0 Å². The van der Waals surface area contributed by atoms with Crippen molar-refractivity contribution < 1.29 is 22.7 Å². The molecule has 1 aromatic carbocycles. The Hall–Kier alpha value is -2.22. The van der Waals surface area contributed by atoms with E-state index >= 15 is 0 Å². The van der Waals surface area contributed by atoms with Crippen LogP contribution in [0.2, 0.25) is 5.02 Å². The van der Waals surface area contributed by atoms with E-state index in [0.29, 0.717) is 46.6 Å². The quantitative estimate of drug-likeness (QED) is 0.807. The van der Waals surface area contributed by atoms with E-state index in [1.54, 1.807) is 36.9 Å². The lowest BCUT2D eigenvalue weighted by Gasteiger charge is -2.29. The number of nitrogens with zero attached hydrogens (tertiary/aromatic N) is 3. The van der Waals surface area contributed by atoms with Crippen LogP contribution < -0.4 is 9.64 Å². The third kappa shape index (κ3) is 3.80. The molecule has 1 aliphatic rings. The fraction of sp³-hybridized carbons (Fsp3) is 0.412. The van der Waals surface area contributed by atoms with Crippen molar-refractivity contribution in [3.05, 3.63) is 40.2 Å². The van der Waals surface area contributed by atoms with E-state index in [2.05, 4.69) is 5.10 Å². The van der Waals surface area contributed by atoms with Crippen molar-refractivity contribution in [2.45, 2.75) is 33.0 Å². The number of hydrogen-bond acceptors (Lipinski definition) is 3. The molecule has 0 saturated carbocycles. The Morgan fingerprint density at radius 2 is 2.08 bits per heavy atom. The number of aryl methyl sites for hydroxylation is 1. The number of amides is 1. The molecule has 26 heavy (non-hydrogen) atoms. The zero-order valence-electron chi connectivity index (χ0n) is 14.2. The molecule has 1 aromatic heterocycles. The average Bonchev–Trinajstić information content (AvgIpc) is 2.80. The summed E-state index contributed by atoms with van der Waals surface area (Å²) in [6.45, 7) is 2.65. The van der Waals surface area contributed by atoms with Gasteiger partial charge in [-0.1, -0.05) is 11.6 Å². The highest BCUT2D eigenvalue weighted by molar-refractivity contribution is 6.31. The van der Waals surface area contributed by atoms with Crippen LogP contribution in [-0.4, -0.2) is 35.0 Å². The lowest BCUT2D eigenvalue weighted by atomic mass is 10.1. The maximum Gasteiger partial charge on any atom is 0.408 e. The fourth-order valence-electron chi connectivity index (χ4n) is 3.01. The number of carbonyl (C=O) groups is 1. The monoisotopic (exact) mass is 387 g/mol. The van der Waals surface area contributed by atoms with Gasteiger partial charge >= 0.3 is 6.18 Å². The average molecular weight is 388 g/mol. The first-order chi connectivity index (χ1) is 12.2. The maximum atomic E-state index is 12.8. The molecular formula is C17H17ClF3N3O2. The van der Waals surface area contributed by atoms with Crippen LogP contribution in [0.4, 0.5) is 18.9 Å². The summed E-state index contributed by atoms with van der Waals surface area (Å²) in [5.74, 6) is 0.310. The van der Waals surface area contributed by atoms with Crippen LogP contribution in [0.1, 0.15) is 17.0 Å². The zero-order chi connectivity index (χ0) is 19.1. The first-order valence-electron chi connectivity index (χ1n) is 7.98. The molecule has 1 aliphatic heterocycles. The second-order valence-electron chi connectivity index (χ2n) is 6.10. The molecule has 5 nitrogen and oxygen atoms in total. The highest BCUT2D eigenvalue weighted by Crippen LogP contribution is 2.34. The molecule has 0 aliphatic carbocycles. The summed E-state index contributed by atoms with van der Waals surface area (Å²) in [7, 11) is 0. The molecule has 1 amide bonds. The molecule has 0 radical (unpaired) electrons. The van der Waals surface area contributed by atoms with Gasteiger partial charge in [-0.25, -0.2) is 0 Å². The van der Waals surface area contributed by atoms with Crippen molar-refractivity contribution in [2.75, 3.05) is 18.1 Å². The van der Waals surface area contributed by atoms with Crippen LogP contribution in [0.25, 0.3) is 0 Å². The summed E-state index contributed by atoms with van der Waals surface area (Å²) >= 11 is 6.01. The maximum absolute atomic E-state index is 12.8. The number of fused-ring (bicyclic) bond motifs is 1. The number of rotatable bonds is 3. The highest BCUT2D eigenvalue weighted by atomic mass is 35.5. The van der Waals surface area contributed by atoms with Crippen molar-refractivity contribution in [1.82, 2.24) is 9.78 Å². The first-order valence-corrected chi connectivity index (χ1v) is 8.36. The SMILES string of the molecule is Cc1nn(CC(F)(F)F)c(C)c1CC(=O)N1CCOc2ccc(Cl)cc21. The van der Waals surface area contributed by atoms with E-state index in [9.17, 15) is 18.0 Å². The molecule has 0 unspecified atom stereocenters. The van der Waals surface area contributed by atoms with Crippen LogP contribution in [-0.2, 0) is 17.8 Å². The molecule has 0 bridgehead atoms. The summed E-state index contributed by atoms with van der Waals surface area (Å²) in [6.07, 6.45) is -4.41. The molecular weight excluding hydrogens is 371 g/mol. The lowest BCUT2D eigenvalue weighted by molar-refractivity contribution is -0.142. The Morgan fingerprint density at radius 3 is 2.77 bits per heavy atom. The number of benzene rings is 1. The van der Waals surface area contributed by atoms with Gasteiger partial charge in [0.05, 0.1) is 24.3 Å². The number of carbonyl (C=O) groups excluding carboxylic acids is 1. The van der Waals surface area contributed by atoms with Crippen molar-refractivity contribution in [1.29, 1.82) is 0 Å². The number of halogens is 4. The molecule has 2 heterocycles. The molecule has 140 valence electrons. The topological polar surface area (TPSA) is 47.4 Å². The number of hydrogen-bond donors (Lipinski definition) is 0. The van der Waals surface area contributed by atoms with Gasteiger partial charge in [-0.3, -0.25) is 9.48 Å². The molecule has 0 spiro atoms. The van der Waals surface area contributed by atoms with Gasteiger partial charge in [0.15, 0.2) is 0 Å². The highest BCUT2D eigenvalue weighted by Gasteiger charge is 2.31. The largest absolute Gasteiger partial charge is 0.490 e. The second kappa shape index (κ2) is 6.83. The van der Waals surface area contributed by atoms with Gasteiger partial charge < -0.3 is 9.64 Å². The predicted molar refractivity (Wildman–Crippen MR) is 90.8 cm³/mol. The van der Waals surface area contributed by atoms with Crippen molar-refractivity contribution >= 4 is 23.2 Å². The number of aromatic nitrogens is 2. The van der Waals surface area contributed by atoms with Crippen molar-refractivity contribution in [2.24, 2.45) is 0 Å². The molecule has 2 aromatic rings. The standard InChI is InChI=1S/C17H17ClF3N3O2/c1-10-13(11(2)24(22-10)9-17(19,20)21)8-16(25)23-5-6-26-15-4-3-12(18)7-14(15)23/h3-4,7H,5-6,8-9H2,1-2H3. The van der Waals surface area contributed by atoms with E-state index < -0.39 is 12.7 Å². The summed E-state index contributed by atoms with van der Waals surface area (Å²) in [4.78, 5) is 14.4. The summed E-state index contributed by atoms with van der Waals surface area (Å²) in [6, 6.07) is 5.00. The van der Waals surface area contributed by atoms with Crippen molar-refractivity contribution in [3.8, 4) is 5.75 Å². The van der Waals surface area contributed by atoms with Gasteiger partial charge in [0, 0.05) is 16.3 Å². The minimum atomic E-state index is -4.37. The lowest BCUT2D eigenvalue weighted by Crippen LogP contribution is -2.39. The van der Waals surface area contributed by atoms with Gasteiger partial charge in [-0.05, 0) is 32.0 Å². The Morgan fingerprint density at radius 1 is 1.35 bits per heavy atom. The normalized spacial score (nSPS) is 14.2. The van der Waals surface area contributed by atoms with Gasteiger partial charge in [-0.2, -0.15) is 18.3 Å². The zero-order valence-corrected chi connectivity index (χ0v) is 15.0.